The van der Waals surface area contributed by atoms with Crippen molar-refractivity contribution in [3.05, 3.63) is 94.0 Å². The second-order valence-corrected chi connectivity index (χ2v) is 14.4. The Morgan fingerprint density at radius 1 is 1.10 bits per heavy atom. The molecular formula is C33H34ClF2N4O9P. The van der Waals surface area contributed by atoms with Crippen molar-refractivity contribution in [1.82, 2.24) is 10.2 Å². The fraction of sp³-hybridized carbons (Fsp3) is 0.333. The van der Waals surface area contributed by atoms with Crippen LogP contribution in [-0.2, 0) is 39.9 Å². The standard InChI is InChI=1S/C33H34ClF2N4O9P/c1-46-50(45,47-2)16-15-48-31(43)37-23-9-7-21(8-10-23)29(41)38-26(18-20-5-3-6-22(35)17-20)30(42)40-14-4-13-33(19-40)27-25(39-32(44)49-33)12-11-24(34)28(27)36/h3,5-12,17,26H,4,13-16,18-19H2,1-2H3,(H,37,43)(H,38,41)(H,39,44)/t26-,33-/m0/s1. The van der Waals surface area contributed by atoms with Crippen LogP contribution in [0.4, 0.5) is 29.7 Å². The van der Waals surface area contributed by atoms with Crippen molar-refractivity contribution in [1.29, 1.82) is 0 Å². The van der Waals surface area contributed by atoms with Crippen LogP contribution in [0.25, 0.3) is 0 Å². The molecule has 3 N–H and O–H groups in total. The highest BCUT2D eigenvalue weighted by atomic mass is 35.5. The van der Waals surface area contributed by atoms with Crippen molar-refractivity contribution in [2.45, 2.75) is 30.9 Å². The van der Waals surface area contributed by atoms with Crippen LogP contribution in [0.15, 0.2) is 60.7 Å². The number of likely N-dealkylation sites (tertiary alicyclic amines) is 1. The van der Waals surface area contributed by atoms with E-state index in [2.05, 4.69) is 16.0 Å². The molecule has 1 saturated heterocycles. The summed E-state index contributed by atoms with van der Waals surface area (Å²) in [6.45, 7) is -0.244. The first-order chi connectivity index (χ1) is 23.8. The minimum absolute atomic E-state index is 0.0235. The molecule has 50 heavy (non-hydrogen) atoms. The molecule has 1 spiro atoms. The lowest BCUT2D eigenvalue weighted by atomic mass is 9.82. The van der Waals surface area contributed by atoms with Gasteiger partial charge in [-0.1, -0.05) is 23.7 Å². The highest BCUT2D eigenvalue weighted by molar-refractivity contribution is 7.53. The van der Waals surface area contributed by atoms with E-state index in [0.717, 1.165) is 0 Å². The minimum atomic E-state index is -3.36. The molecule has 0 aliphatic carbocycles. The Hall–Kier alpha value is -4.56. The third kappa shape index (κ3) is 8.41. The lowest BCUT2D eigenvalue weighted by Gasteiger charge is -2.45. The zero-order valence-corrected chi connectivity index (χ0v) is 28.7. The van der Waals surface area contributed by atoms with E-state index in [0.29, 0.717) is 12.0 Å². The number of benzene rings is 3. The van der Waals surface area contributed by atoms with Crippen molar-refractivity contribution in [3.63, 3.8) is 0 Å². The zero-order valence-electron chi connectivity index (χ0n) is 27.0. The van der Waals surface area contributed by atoms with Gasteiger partial charge in [0.1, 0.15) is 18.5 Å². The van der Waals surface area contributed by atoms with Gasteiger partial charge in [-0.05, 0) is 66.9 Å². The van der Waals surface area contributed by atoms with Gasteiger partial charge in [0.05, 0.1) is 29.0 Å². The van der Waals surface area contributed by atoms with E-state index in [9.17, 15) is 28.1 Å². The summed E-state index contributed by atoms with van der Waals surface area (Å²) in [4.78, 5) is 53.7. The van der Waals surface area contributed by atoms with Crippen LogP contribution >= 0.6 is 19.2 Å². The summed E-state index contributed by atoms with van der Waals surface area (Å²) in [5.41, 5.74) is -0.493. The third-order valence-corrected chi connectivity index (χ3v) is 10.5. The summed E-state index contributed by atoms with van der Waals surface area (Å²) < 4.78 is 61.9. The second kappa shape index (κ2) is 15.5. The maximum Gasteiger partial charge on any atom is 0.412 e. The molecule has 2 aliphatic heterocycles. The fourth-order valence-electron chi connectivity index (χ4n) is 5.89. The van der Waals surface area contributed by atoms with Gasteiger partial charge >= 0.3 is 19.8 Å². The number of fused-ring (bicyclic) bond motifs is 2. The Morgan fingerprint density at radius 3 is 2.54 bits per heavy atom. The van der Waals surface area contributed by atoms with Gasteiger partial charge in [-0.3, -0.25) is 24.8 Å². The van der Waals surface area contributed by atoms with Gasteiger partial charge in [0, 0.05) is 38.4 Å². The number of halogens is 3. The number of anilines is 2. The van der Waals surface area contributed by atoms with Crippen LogP contribution in [-0.4, -0.2) is 75.0 Å². The molecule has 2 heterocycles. The maximum absolute atomic E-state index is 15.4. The molecule has 0 unspecified atom stereocenters. The Bertz CT molecular complexity index is 1830. The Labute approximate surface area is 291 Å². The number of ether oxygens (including phenoxy) is 2. The van der Waals surface area contributed by atoms with Gasteiger partial charge < -0.3 is 28.7 Å². The normalized spacial score (nSPS) is 17.6. The minimum Gasteiger partial charge on any atom is -0.449 e. The largest absolute Gasteiger partial charge is 0.449 e. The predicted molar refractivity (Wildman–Crippen MR) is 178 cm³/mol. The van der Waals surface area contributed by atoms with E-state index >= 15 is 4.39 Å². The number of piperidine rings is 1. The average Bonchev–Trinajstić information content (AvgIpc) is 3.09. The van der Waals surface area contributed by atoms with Crippen LogP contribution < -0.4 is 16.0 Å². The number of nitrogens with one attached hydrogen (secondary N) is 3. The molecule has 0 saturated carbocycles. The Morgan fingerprint density at radius 2 is 1.84 bits per heavy atom. The van der Waals surface area contributed by atoms with Gasteiger partial charge in [-0.15, -0.1) is 0 Å². The maximum atomic E-state index is 15.4. The molecule has 0 bridgehead atoms. The number of carbonyl (C=O) groups is 4. The van der Waals surface area contributed by atoms with Crippen molar-refractivity contribution in [3.8, 4) is 0 Å². The second-order valence-electron chi connectivity index (χ2n) is 11.6. The van der Waals surface area contributed by atoms with Crippen LogP contribution in [0, 0.1) is 11.6 Å². The molecule has 13 nitrogen and oxygen atoms in total. The summed E-state index contributed by atoms with van der Waals surface area (Å²) in [6, 6.07) is 12.8. The zero-order chi connectivity index (χ0) is 36.1. The summed E-state index contributed by atoms with van der Waals surface area (Å²) in [5.74, 6) is -2.52. The van der Waals surface area contributed by atoms with Crippen LogP contribution in [0.3, 0.4) is 0 Å². The van der Waals surface area contributed by atoms with Gasteiger partial charge in [0.2, 0.25) is 5.91 Å². The molecule has 4 amide bonds. The van der Waals surface area contributed by atoms with Gasteiger partial charge in [0.25, 0.3) is 5.91 Å². The number of amides is 4. The van der Waals surface area contributed by atoms with Crippen LogP contribution in [0.5, 0.6) is 0 Å². The SMILES string of the molecule is COP(=O)(CCOC(=O)Nc1ccc(C(=O)N[C@@H](Cc2cccc(F)c2)C(=O)N2CCC[C@@]3(C2)OC(=O)Nc2ccc(Cl)c(F)c23)cc1)OC. The quantitative estimate of drug-likeness (QED) is 0.199. The molecule has 3 aromatic rings. The number of rotatable bonds is 11. The summed E-state index contributed by atoms with van der Waals surface area (Å²) in [7, 11) is -0.919. The molecule has 5 rings (SSSR count). The monoisotopic (exact) mass is 734 g/mol. The Kier molecular flexibility index (Phi) is 11.4. The number of carbonyl (C=O) groups excluding carboxylic acids is 4. The van der Waals surface area contributed by atoms with Gasteiger partial charge in [0.15, 0.2) is 11.4 Å². The highest BCUT2D eigenvalue weighted by Crippen LogP contribution is 2.46. The number of hydrogen-bond acceptors (Lipinski definition) is 9. The third-order valence-electron chi connectivity index (χ3n) is 8.32. The molecule has 266 valence electrons. The average molecular weight is 735 g/mol. The van der Waals surface area contributed by atoms with E-state index < -0.39 is 54.9 Å². The molecular weight excluding hydrogens is 701 g/mol. The van der Waals surface area contributed by atoms with Crippen LogP contribution in [0.2, 0.25) is 5.02 Å². The summed E-state index contributed by atoms with van der Waals surface area (Å²) in [6.07, 6.45) is -1.35. The van der Waals surface area contributed by atoms with E-state index in [4.69, 9.17) is 30.1 Å². The van der Waals surface area contributed by atoms with E-state index in [1.54, 1.807) is 6.07 Å². The molecule has 1 fully saturated rings. The molecule has 17 heteroatoms. The highest BCUT2D eigenvalue weighted by Gasteiger charge is 2.49. The first-order valence-electron chi connectivity index (χ1n) is 15.4. The molecule has 3 aromatic carbocycles. The number of nitrogens with zero attached hydrogens (tertiary/aromatic N) is 1. The molecule has 2 atom stereocenters. The van der Waals surface area contributed by atoms with Crippen molar-refractivity contribution < 1.29 is 51.0 Å². The van der Waals surface area contributed by atoms with E-state index in [1.807, 2.05) is 0 Å². The fourth-order valence-corrected chi connectivity index (χ4v) is 6.88. The van der Waals surface area contributed by atoms with Crippen molar-refractivity contribution >= 4 is 54.6 Å². The molecule has 0 aromatic heterocycles. The van der Waals surface area contributed by atoms with E-state index in [-0.39, 0.29) is 66.2 Å². The molecule has 0 radical (unpaired) electrons. The van der Waals surface area contributed by atoms with Crippen molar-refractivity contribution in [2.75, 3.05) is 50.7 Å². The smallest absolute Gasteiger partial charge is 0.412 e. The predicted octanol–water partition coefficient (Wildman–Crippen LogP) is 6.07. The lowest BCUT2D eigenvalue weighted by molar-refractivity contribution is -0.141. The first kappa shape index (κ1) is 36.7. The first-order valence-corrected chi connectivity index (χ1v) is 17.5. The molecule has 2 aliphatic rings. The van der Waals surface area contributed by atoms with Crippen molar-refractivity contribution in [2.24, 2.45) is 0 Å². The van der Waals surface area contributed by atoms with Gasteiger partial charge in [-0.2, -0.15) is 0 Å². The summed E-state index contributed by atoms with van der Waals surface area (Å²) >= 11 is 6.09. The number of hydrogen-bond donors (Lipinski definition) is 3. The topological polar surface area (TPSA) is 162 Å². The van der Waals surface area contributed by atoms with E-state index in [1.165, 1.54) is 73.7 Å². The van der Waals surface area contributed by atoms with Gasteiger partial charge in [-0.25, -0.2) is 18.4 Å². The lowest BCUT2D eigenvalue weighted by Crippen LogP contribution is -2.57. The Balaban J connectivity index is 1.31. The van der Waals surface area contributed by atoms with Crippen LogP contribution in [0.1, 0.15) is 34.3 Å². The summed E-state index contributed by atoms with van der Waals surface area (Å²) in [5, 5.41) is 7.50.